The molecule has 5 nitrogen and oxygen atoms in total. The van der Waals surface area contributed by atoms with Gasteiger partial charge in [0, 0.05) is 19.5 Å². The molecule has 2 aromatic carbocycles. The molecule has 0 atom stereocenters. The Morgan fingerprint density at radius 3 is 2.47 bits per heavy atom. The number of ether oxygens (including phenoxy) is 3. The van der Waals surface area contributed by atoms with Crippen molar-refractivity contribution in [3.8, 4) is 17.2 Å². The van der Waals surface area contributed by atoms with Gasteiger partial charge in [0.25, 0.3) is 0 Å². The zero-order valence-corrected chi connectivity index (χ0v) is 18.4. The standard InChI is InChI=1S/C25H33NO4/c1-4-26(18-20-12-14-23(28-2)24(17-20)29-3)25(27)15-13-19-8-7-11-22(16-19)30-21-9-5-6-10-21/h7-8,11-12,14,16-17,21H,4-6,9-10,13,15,18H2,1-3H3. The number of methoxy groups -OCH3 is 2. The highest BCUT2D eigenvalue weighted by atomic mass is 16.5. The topological polar surface area (TPSA) is 48.0 Å². The van der Waals surface area contributed by atoms with E-state index in [1.165, 1.54) is 12.8 Å². The van der Waals surface area contributed by atoms with E-state index < -0.39 is 0 Å². The van der Waals surface area contributed by atoms with Gasteiger partial charge in [-0.25, -0.2) is 0 Å². The molecule has 1 saturated carbocycles. The van der Waals surface area contributed by atoms with Crippen LogP contribution < -0.4 is 14.2 Å². The van der Waals surface area contributed by atoms with Crippen LogP contribution in [-0.2, 0) is 17.8 Å². The Balaban J connectivity index is 1.56. The molecule has 162 valence electrons. The number of hydrogen-bond donors (Lipinski definition) is 0. The Labute approximate surface area is 179 Å². The van der Waals surface area contributed by atoms with Crippen LogP contribution in [0, 0.1) is 0 Å². The quantitative estimate of drug-likeness (QED) is 0.552. The molecule has 0 spiro atoms. The fourth-order valence-electron chi connectivity index (χ4n) is 3.96. The van der Waals surface area contributed by atoms with Crippen molar-refractivity contribution >= 4 is 5.91 Å². The molecule has 30 heavy (non-hydrogen) atoms. The fourth-order valence-corrected chi connectivity index (χ4v) is 3.96. The molecule has 2 aromatic rings. The molecule has 0 N–H and O–H groups in total. The van der Waals surface area contributed by atoms with Crippen LogP contribution in [0.2, 0.25) is 0 Å². The maximum Gasteiger partial charge on any atom is 0.223 e. The average Bonchev–Trinajstić information content (AvgIpc) is 3.28. The first-order valence-electron chi connectivity index (χ1n) is 10.9. The van der Waals surface area contributed by atoms with Gasteiger partial charge >= 0.3 is 0 Å². The van der Waals surface area contributed by atoms with Gasteiger partial charge in [-0.2, -0.15) is 0 Å². The van der Waals surface area contributed by atoms with Crippen LogP contribution in [0.3, 0.4) is 0 Å². The molecule has 1 aliphatic carbocycles. The van der Waals surface area contributed by atoms with E-state index in [4.69, 9.17) is 14.2 Å². The number of aryl methyl sites for hydroxylation is 1. The van der Waals surface area contributed by atoms with E-state index in [0.29, 0.717) is 43.5 Å². The van der Waals surface area contributed by atoms with Gasteiger partial charge in [-0.3, -0.25) is 4.79 Å². The Hall–Kier alpha value is -2.69. The lowest BCUT2D eigenvalue weighted by Crippen LogP contribution is -2.30. The number of carbonyl (C=O) groups excluding carboxylic acids is 1. The molecule has 3 rings (SSSR count). The Morgan fingerprint density at radius 1 is 1.00 bits per heavy atom. The molecule has 0 bridgehead atoms. The number of carbonyl (C=O) groups is 1. The predicted octanol–water partition coefficient (Wildman–Crippen LogP) is 5.01. The van der Waals surface area contributed by atoms with E-state index in [0.717, 1.165) is 29.7 Å². The van der Waals surface area contributed by atoms with E-state index >= 15 is 0 Å². The van der Waals surface area contributed by atoms with Crippen molar-refractivity contribution in [3.05, 3.63) is 53.6 Å². The number of benzene rings is 2. The second-order valence-corrected chi connectivity index (χ2v) is 7.77. The van der Waals surface area contributed by atoms with Crippen LogP contribution in [0.4, 0.5) is 0 Å². The monoisotopic (exact) mass is 411 g/mol. The van der Waals surface area contributed by atoms with E-state index in [1.807, 2.05) is 42.2 Å². The summed E-state index contributed by atoms with van der Waals surface area (Å²) < 4.78 is 16.8. The molecular formula is C25H33NO4. The first-order chi connectivity index (χ1) is 14.6. The van der Waals surface area contributed by atoms with Gasteiger partial charge in [0.15, 0.2) is 11.5 Å². The maximum atomic E-state index is 12.8. The van der Waals surface area contributed by atoms with Gasteiger partial charge in [-0.15, -0.1) is 0 Å². The van der Waals surface area contributed by atoms with Gasteiger partial charge < -0.3 is 19.1 Å². The van der Waals surface area contributed by atoms with Crippen molar-refractivity contribution in [2.75, 3.05) is 20.8 Å². The molecule has 0 heterocycles. The summed E-state index contributed by atoms with van der Waals surface area (Å²) >= 11 is 0. The third-order valence-electron chi connectivity index (χ3n) is 5.69. The summed E-state index contributed by atoms with van der Waals surface area (Å²) in [4.78, 5) is 14.7. The van der Waals surface area contributed by atoms with Crippen molar-refractivity contribution in [2.24, 2.45) is 0 Å². The Morgan fingerprint density at radius 2 is 1.77 bits per heavy atom. The van der Waals surface area contributed by atoms with Crippen LogP contribution in [0.15, 0.2) is 42.5 Å². The third kappa shape index (κ3) is 5.91. The normalized spacial score (nSPS) is 13.8. The lowest BCUT2D eigenvalue weighted by molar-refractivity contribution is -0.131. The molecule has 1 amide bonds. The summed E-state index contributed by atoms with van der Waals surface area (Å²) in [6.45, 7) is 3.23. The molecule has 0 aromatic heterocycles. The lowest BCUT2D eigenvalue weighted by Gasteiger charge is -2.22. The second kappa shape index (κ2) is 10.9. The van der Waals surface area contributed by atoms with Gasteiger partial charge in [-0.1, -0.05) is 18.2 Å². The zero-order valence-electron chi connectivity index (χ0n) is 18.4. The minimum Gasteiger partial charge on any atom is -0.493 e. The van der Waals surface area contributed by atoms with Crippen LogP contribution in [0.5, 0.6) is 17.2 Å². The van der Waals surface area contributed by atoms with E-state index in [9.17, 15) is 4.79 Å². The maximum absolute atomic E-state index is 12.8. The van der Waals surface area contributed by atoms with Gasteiger partial charge in [0.05, 0.1) is 20.3 Å². The smallest absolute Gasteiger partial charge is 0.223 e. The summed E-state index contributed by atoms with van der Waals surface area (Å²) in [6, 6.07) is 14.0. The summed E-state index contributed by atoms with van der Waals surface area (Å²) in [5, 5.41) is 0. The molecule has 0 aliphatic heterocycles. The highest BCUT2D eigenvalue weighted by Crippen LogP contribution is 2.28. The van der Waals surface area contributed by atoms with Gasteiger partial charge in [-0.05, 0) is 74.4 Å². The Bertz CT molecular complexity index is 830. The summed E-state index contributed by atoms with van der Waals surface area (Å²) in [5.74, 6) is 2.44. The molecule has 5 heteroatoms. The SMILES string of the molecule is CCN(Cc1ccc(OC)c(OC)c1)C(=O)CCc1cccc(OC2CCCC2)c1. The first-order valence-corrected chi connectivity index (χ1v) is 10.9. The van der Waals surface area contributed by atoms with Crippen molar-refractivity contribution < 1.29 is 19.0 Å². The highest BCUT2D eigenvalue weighted by Gasteiger charge is 2.17. The molecular weight excluding hydrogens is 378 g/mol. The molecule has 0 saturated heterocycles. The summed E-state index contributed by atoms with van der Waals surface area (Å²) in [6.07, 6.45) is 6.34. The minimum absolute atomic E-state index is 0.148. The van der Waals surface area contributed by atoms with Gasteiger partial charge in [0.2, 0.25) is 5.91 Å². The predicted molar refractivity (Wildman–Crippen MR) is 118 cm³/mol. The Kier molecular flexibility index (Phi) is 8.00. The van der Waals surface area contributed by atoms with Crippen LogP contribution in [-0.4, -0.2) is 37.7 Å². The van der Waals surface area contributed by atoms with E-state index in [1.54, 1.807) is 14.2 Å². The number of nitrogens with zero attached hydrogens (tertiary/aromatic N) is 1. The third-order valence-corrected chi connectivity index (χ3v) is 5.69. The number of rotatable bonds is 10. The van der Waals surface area contributed by atoms with Crippen LogP contribution in [0.25, 0.3) is 0 Å². The molecule has 0 unspecified atom stereocenters. The molecule has 1 aliphatic rings. The van der Waals surface area contributed by atoms with Crippen molar-refractivity contribution in [2.45, 2.75) is 58.1 Å². The highest BCUT2D eigenvalue weighted by molar-refractivity contribution is 5.76. The van der Waals surface area contributed by atoms with Crippen molar-refractivity contribution in [1.82, 2.24) is 4.90 Å². The largest absolute Gasteiger partial charge is 0.493 e. The molecule has 1 fully saturated rings. The van der Waals surface area contributed by atoms with E-state index in [2.05, 4.69) is 12.1 Å². The lowest BCUT2D eigenvalue weighted by atomic mass is 10.1. The fraction of sp³-hybridized carbons (Fsp3) is 0.480. The van der Waals surface area contributed by atoms with Crippen molar-refractivity contribution in [1.29, 1.82) is 0 Å². The first kappa shape index (κ1) is 22.0. The zero-order chi connectivity index (χ0) is 21.3. The van der Waals surface area contributed by atoms with Crippen LogP contribution >= 0.6 is 0 Å². The van der Waals surface area contributed by atoms with Crippen molar-refractivity contribution in [3.63, 3.8) is 0 Å². The van der Waals surface area contributed by atoms with Gasteiger partial charge in [0.1, 0.15) is 5.75 Å². The average molecular weight is 412 g/mol. The second-order valence-electron chi connectivity index (χ2n) is 7.77. The number of amides is 1. The number of hydrogen-bond acceptors (Lipinski definition) is 4. The summed E-state index contributed by atoms with van der Waals surface area (Å²) in [5.41, 5.74) is 2.16. The summed E-state index contributed by atoms with van der Waals surface area (Å²) in [7, 11) is 3.24. The minimum atomic E-state index is 0.148. The molecule has 0 radical (unpaired) electrons. The van der Waals surface area contributed by atoms with E-state index in [-0.39, 0.29) is 5.91 Å². The van der Waals surface area contributed by atoms with Crippen LogP contribution in [0.1, 0.15) is 50.2 Å².